The van der Waals surface area contributed by atoms with Gasteiger partial charge in [0.05, 0.1) is 12.1 Å². The summed E-state index contributed by atoms with van der Waals surface area (Å²) in [7, 11) is 1.54. The summed E-state index contributed by atoms with van der Waals surface area (Å²) in [4.78, 5) is 35.7. The van der Waals surface area contributed by atoms with E-state index in [2.05, 4.69) is 0 Å². The molecule has 0 radical (unpaired) electrons. The molecule has 1 rings (SSSR count). The van der Waals surface area contributed by atoms with Crippen LogP contribution in [-0.2, 0) is 23.9 Å². The standard InChI is InChI=1S/C13H21NO5/c1-8(15)14(9(2)16)11-6-5-7-12(18-4)13(11)19-10(3)17/h11-13H,5-7H2,1-4H3/t11-,12-,13+/m0/s1. The minimum Gasteiger partial charge on any atom is -0.458 e. The van der Waals surface area contributed by atoms with E-state index in [0.29, 0.717) is 6.42 Å². The zero-order valence-electron chi connectivity index (χ0n) is 11.8. The summed E-state index contributed by atoms with van der Waals surface area (Å²) in [6.07, 6.45) is 1.30. The van der Waals surface area contributed by atoms with Gasteiger partial charge in [0.1, 0.15) is 6.10 Å². The highest BCUT2D eigenvalue weighted by atomic mass is 16.6. The second kappa shape index (κ2) is 6.65. The molecule has 0 heterocycles. The maximum atomic E-state index is 11.6. The van der Waals surface area contributed by atoms with Crippen molar-refractivity contribution in [1.29, 1.82) is 0 Å². The van der Waals surface area contributed by atoms with Crippen LogP contribution in [0.4, 0.5) is 0 Å². The third kappa shape index (κ3) is 3.76. The highest BCUT2D eigenvalue weighted by Gasteiger charge is 2.41. The number of rotatable bonds is 3. The Balaban J connectivity index is 3.01. The zero-order valence-corrected chi connectivity index (χ0v) is 11.8. The molecular weight excluding hydrogens is 250 g/mol. The van der Waals surface area contributed by atoms with Gasteiger partial charge in [-0.25, -0.2) is 0 Å². The van der Waals surface area contributed by atoms with E-state index in [1.165, 1.54) is 32.8 Å². The Morgan fingerprint density at radius 1 is 1.05 bits per heavy atom. The van der Waals surface area contributed by atoms with E-state index >= 15 is 0 Å². The summed E-state index contributed by atoms with van der Waals surface area (Å²) < 4.78 is 10.6. The first-order valence-electron chi connectivity index (χ1n) is 6.38. The Bertz CT molecular complexity index is 354. The van der Waals surface area contributed by atoms with Crippen LogP contribution in [0.1, 0.15) is 40.0 Å². The quantitative estimate of drug-likeness (QED) is 0.712. The van der Waals surface area contributed by atoms with E-state index < -0.39 is 18.1 Å². The average Bonchev–Trinajstić information content (AvgIpc) is 2.29. The van der Waals surface area contributed by atoms with Gasteiger partial charge in [-0.3, -0.25) is 19.3 Å². The van der Waals surface area contributed by atoms with Gasteiger partial charge in [-0.15, -0.1) is 0 Å². The maximum Gasteiger partial charge on any atom is 0.303 e. The highest BCUT2D eigenvalue weighted by Crippen LogP contribution is 2.28. The Morgan fingerprint density at radius 3 is 2.05 bits per heavy atom. The van der Waals surface area contributed by atoms with Crippen molar-refractivity contribution < 1.29 is 23.9 Å². The number of methoxy groups -OCH3 is 1. The van der Waals surface area contributed by atoms with Crippen LogP contribution in [0.3, 0.4) is 0 Å². The lowest BCUT2D eigenvalue weighted by atomic mass is 9.88. The van der Waals surface area contributed by atoms with Crippen molar-refractivity contribution in [2.24, 2.45) is 0 Å². The molecule has 0 aromatic heterocycles. The van der Waals surface area contributed by atoms with Crippen molar-refractivity contribution in [3.05, 3.63) is 0 Å². The van der Waals surface area contributed by atoms with Crippen molar-refractivity contribution in [2.75, 3.05) is 7.11 Å². The molecule has 2 amide bonds. The fourth-order valence-corrected chi connectivity index (χ4v) is 2.67. The molecule has 108 valence electrons. The van der Waals surface area contributed by atoms with E-state index in [0.717, 1.165) is 12.8 Å². The van der Waals surface area contributed by atoms with Gasteiger partial charge in [0, 0.05) is 27.9 Å². The fourth-order valence-electron chi connectivity index (χ4n) is 2.67. The smallest absolute Gasteiger partial charge is 0.303 e. The second-order valence-electron chi connectivity index (χ2n) is 4.75. The number of amides is 2. The molecular formula is C13H21NO5. The molecule has 1 aliphatic rings. The minimum atomic E-state index is -0.593. The molecule has 6 nitrogen and oxygen atoms in total. The van der Waals surface area contributed by atoms with Gasteiger partial charge in [-0.05, 0) is 19.3 Å². The molecule has 0 aromatic rings. The minimum absolute atomic E-state index is 0.288. The van der Waals surface area contributed by atoms with Crippen LogP contribution in [0, 0.1) is 0 Å². The molecule has 6 heteroatoms. The van der Waals surface area contributed by atoms with Gasteiger partial charge in [0.25, 0.3) is 0 Å². The van der Waals surface area contributed by atoms with E-state index in [9.17, 15) is 14.4 Å². The first kappa shape index (κ1) is 15.6. The summed E-state index contributed by atoms with van der Waals surface area (Å²) in [5, 5.41) is 0. The number of carbonyl (C=O) groups excluding carboxylic acids is 3. The third-order valence-corrected chi connectivity index (χ3v) is 3.35. The van der Waals surface area contributed by atoms with Gasteiger partial charge in [-0.1, -0.05) is 0 Å². The Kier molecular flexibility index (Phi) is 5.47. The van der Waals surface area contributed by atoms with Crippen LogP contribution in [0.15, 0.2) is 0 Å². The van der Waals surface area contributed by atoms with E-state index in [-0.39, 0.29) is 17.9 Å². The number of esters is 1. The number of nitrogens with zero attached hydrogens (tertiary/aromatic N) is 1. The molecule has 0 saturated heterocycles. The lowest BCUT2D eigenvalue weighted by Gasteiger charge is -2.40. The second-order valence-corrected chi connectivity index (χ2v) is 4.75. The Labute approximate surface area is 113 Å². The third-order valence-electron chi connectivity index (χ3n) is 3.35. The predicted molar refractivity (Wildman–Crippen MR) is 67.2 cm³/mol. The van der Waals surface area contributed by atoms with E-state index in [4.69, 9.17) is 9.47 Å². The number of hydrogen-bond acceptors (Lipinski definition) is 5. The topological polar surface area (TPSA) is 72.9 Å². The van der Waals surface area contributed by atoms with E-state index in [1.807, 2.05) is 0 Å². The molecule has 3 atom stereocenters. The molecule has 1 saturated carbocycles. The summed E-state index contributed by atoms with van der Waals surface area (Å²) in [6, 6.07) is -0.447. The Hall–Kier alpha value is -1.43. The predicted octanol–water partition coefficient (Wildman–Crippen LogP) is 0.881. The lowest BCUT2D eigenvalue weighted by molar-refractivity contribution is -0.171. The van der Waals surface area contributed by atoms with Crippen molar-refractivity contribution >= 4 is 17.8 Å². The molecule has 0 N–H and O–H groups in total. The molecule has 1 aliphatic carbocycles. The first-order valence-corrected chi connectivity index (χ1v) is 6.38. The molecule has 0 unspecified atom stereocenters. The van der Waals surface area contributed by atoms with Crippen molar-refractivity contribution in [3.8, 4) is 0 Å². The summed E-state index contributed by atoms with van der Waals surface area (Å²) in [5.74, 6) is -1.12. The normalized spacial score (nSPS) is 26.6. The Morgan fingerprint density at radius 2 is 1.63 bits per heavy atom. The maximum absolute atomic E-state index is 11.6. The number of ether oxygens (including phenoxy) is 2. The number of imide groups is 1. The van der Waals surface area contributed by atoms with E-state index in [1.54, 1.807) is 0 Å². The van der Waals surface area contributed by atoms with Gasteiger partial charge in [0.2, 0.25) is 11.8 Å². The van der Waals surface area contributed by atoms with Crippen LogP contribution in [0.2, 0.25) is 0 Å². The summed E-state index contributed by atoms with van der Waals surface area (Å²) in [5.41, 5.74) is 0. The summed E-state index contributed by atoms with van der Waals surface area (Å²) >= 11 is 0. The largest absolute Gasteiger partial charge is 0.458 e. The van der Waals surface area contributed by atoms with Crippen molar-refractivity contribution in [3.63, 3.8) is 0 Å². The molecule has 0 aromatic carbocycles. The van der Waals surface area contributed by atoms with Crippen LogP contribution >= 0.6 is 0 Å². The fraction of sp³-hybridized carbons (Fsp3) is 0.769. The molecule has 0 spiro atoms. The van der Waals surface area contributed by atoms with Gasteiger partial charge < -0.3 is 9.47 Å². The molecule has 1 fully saturated rings. The number of carbonyl (C=O) groups is 3. The monoisotopic (exact) mass is 271 g/mol. The molecule has 0 bridgehead atoms. The summed E-state index contributed by atoms with van der Waals surface area (Å²) in [6.45, 7) is 3.98. The van der Waals surface area contributed by atoms with Crippen molar-refractivity contribution in [2.45, 2.75) is 58.3 Å². The van der Waals surface area contributed by atoms with Crippen LogP contribution in [-0.4, -0.2) is 48.0 Å². The first-order chi connectivity index (χ1) is 8.88. The SMILES string of the molecule is CO[C@H]1CCC[C@H](N(C(C)=O)C(C)=O)[C@H]1OC(C)=O. The van der Waals surface area contributed by atoms with Crippen LogP contribution in [0.5, 0.6) is 0 Å². The average molecular weight is 271 g/mol. The lowest BCUT2D eigenvalue weighted by Crippen LogP contribution is -2.56. The van der Waals surface area contributed by atoms with Crippen molar-refractivity contribution in [1.82, 2.24) is 4.90 Å². The van der Waals surface area contributed by atoms with Crippen LogP contribution in [0.25, 0.3) is 0 Å². The molecule has 0 aliphatic heterocycles. The molecule has 19 heavy (non-hydrogen) atoms. The van der Waals surface area contributed by atoms with Gasteiger partial charge >= 0.3 is 5.97 Å². The van der Waals surface area contributed by atoms with Gasteiger partial charge in [-0.2, -0.15) is 0 Å². The highest BCUT2D eigenvalue weighted by molar-refractivity contribution is 5.93. The van der Waals surface area contributed by atoms with Crippen LogP contribution < -0.4 is 0 Å². The zero-order chi connectivity index (χ0) is 14.6. The van der Waals surface area contributed by atoms with Gasteiger partial charge in [0.15, 0.2) is 0 Å². The number of hydrogen-bond donors (Lipinski definition) is 0.